The second kappa shape index (κ2) is 3.38. The van der Waals surface area contributed by atoms with Gasteiger partial charge in [0.1, 0.15) is 0 Å². The Morgan fingerprint density at radius 3 is 2.20 bits per heavy atom. The predicted molar refractivity (Wildman–Crippen MR) is 61.4 cm³/mol. The maximum Gasteiger partial charge on any atom is 0.0698 e. The van der Waals surface area contributed by atoms with E-state index in [1.54, 1.807) is 0 Å². The highest BCUT2D eigenvalue weighted by Crippen LogP contribution is 2.54. The van der Waals surface area contributed by atoms with Crippen molar-refractivity contribution < 1.29 is 0 Å². The van der Waals surface area contributed by atoms with Gasteiger partial charge in [-0.2, -0.15) is 5.26 Å². The first kappa shape index (κ1) is 10.2. The summed E-state index contributed by atoms with van der Waals surface area (Å²) >= 11 is 0. The first-order valence-corrected chi connectivity index (χ1v) is 5.59. The number of nitrogens with zero attached hydrogens (tertiary/aromatic N) is 1. The van der Waals surface area contributed by atoms with Crippen molar-refractivity contribution in [1.82, 2.24) is 0 Å². The highest BCUT2D eigenvalue weighted by atomic mass is 14.5. The fraction of sp³-hybridized carbons (Fsp3) is 0.500. The van der Waals surface area contributed by atoms with Crippen LogP contribution >= 0.6 is 0 Å². The summed E-state index contributed by atoms with van der Waals surface area (Å²) < 4.78 is 0. The smallest absolute Gasteiger partial charge is 0.0698 e. The van der Waals surface area contributed by atoms with Gasteiger partial charge < -0.3 is 0 Å². The summed E-state index contributed by atoms with van der Waals surface area (Å²) in [6, 6.07) is 13.0. The molecule has 0 atom stereocenters. The lowest BCUT2D eigenvalue weighted by molar-refractivity contribution is 0.106. The highest BCUT2D eigenvalue weighted by molar-refractivity contribution is 5.31. The second-order valence-corrected chi connectivity index (χ2v) is 5.04. The van der Waals surface area contributed by atoms with Crippen molar-refractivity contribution in [3.8, 4) is 6.07 Å². The topological polar surface area (TPSA) is 23.8 Å². The number of rotatable bonds is 2. The van der Waals surface area contributed by atoms with E-state index in [1.807, 2.05) is 6.07 Å². The first-order chi connectivity index (χ1) is 7.12. The molecule has 0 heterocycles. The summed E-state index contributed by atoms with van der Waals surface area (Å²) in [4.78, 5) is 0. The molecule has 1 aliphatic rings. The molecule has 78 valence electrons. The predicted octanol–water partition coefficient (Wildman–Crippen LogP) is 3.66. The molecule has 0 spiro atoms. The van der Waals surface area contributed by atoms with Gasteiger partial charge in [-0.1, -0.05) is 50.6 Å². The fourth-order valence-corrected chi connectivity index (χ4v) is 2.54. The molecule has 0 N–H and O–H groups in total. The van der Waals surface area contributed by atoms with Crippen molar-refractivity contribution in [2.24, 2.45) is 5.41 Å². The molecule has 0 aliphatic heterocycles. The van der Waals surface area contributed by atoms with Crippen LogP contribution in [-0.4, -0.2) is 0 Å². The van der Waals surface area contributed by atoms with Crippen LogP contribution in [0.1, 0.15) is 38.7 Å². The quantitative estimate of drug-likeness (QED) is 0.713. The summed E-state index contributed by atoms with van der Waals surface area (Å²) in [7, 11) is 0. The minimum absolute atomic E-state index is 0.0265. The van der Waals surface area contributed by atoms with Gasteiger partial charge in [0.2, 0.25) is 0 Å². The number of hydrogen-bond donors (Lipinski definition) is 0. The van der Waals surface area contributed by atoms with Crippen LogP contribution in [0, 0.1) is 16.7 Å². The molecule has 0 radical (unpaired) electrons. The van der Waals surface area contributed by atoms with E-state index in [9.17, 15) is 5.26 Å². The monoisotopic (exact) mass is 199 g/mol. The maximum absolute atomic E-state index is 9.38. The number of nitriles is 1. The molecule has 1 heteroatoms. The molecule has 0 aromatic heterocycles. The van der Waals surface area contributed by atoms with Crippen molar-refractivity contribution in [2.75, 3.05) is 0 Å². The molecular weight excluding hydrogens is 182 g/mol. The van der Waals surface area contributed by atoms with Crippen molar-refractivity contribution >= 4 is 0 Å². The van der Waals surface area contributed by atoms with Crippen molar-refractivity contribution in [2.45, 2.75) is 38.5 Å². The average molecular weight is 199 g/mol. The Morgan fingerprint density at radius 1 is 1.20 bits per heavy atom. The molecule has 1 fully saturated rings. The summed E-state index contributed by atoms with van der Waals surface area (Å²) in [5.41, 5.74) is 1.13. The van der Waals surface area contributed by atoms with E-state index < -0.39 is 0 Å². The molecule has 0 bridgehead atoms. The normalized spacial score (nSPS) is 19.0. The standard InChI is InChI=1S/C14H17N/c1-13(2,12-7-4-3-5-8-12)14(11-15)9-6-10-14/h3-5,7-8H,6,9-10H2,1-2H3. The maximum atomic E-state index is 9.38. The molecule has 0 saturated heterocycles. The fourth-order valence-electron chi connectivity index (χ4n) is 2.54. The van der Waals surface area contributed by atoms with Gasteiger partial charge in [-0.25, -0.2) is 0 Å². The van der Waals surface area contributed by atoms with Crippen LogP contribution in [0.5, 0.6) is 0 Å². The molecule has 2 rings (SSSR count). The van der Waals surface area contributed by atoms with Gasteiger partial charge in [0.25, 0.3) is 0 Å². The minimum Gasteiger partial charge on any atom is -0.198 e. The summed E-state index contributed by atoms with van der Waals surface area (Å²) in [5.74, 6) is 0. The Balaban J connectivity index is 2.39. The van der Waals surface area contributed by atoms with Crippen LogP contribution in [0.25, 0.3) is 0 Å². The molecule has 1 aliphatic carbocycles. The van der Waals surface area contributed by atoms with Gasteiger partial charge >= 0.3 is 0 Å². The third-order valence-corrected chi connectivity index (χ3v) is 4.11. The lowest BCUT2D eigenvalue weighted by Crippen LogP contribution is -2.45. The van der Waals surface area contributed by atoms with E-state index in [0.717, 1.165) is 12.8 Å². The zero-order chi connectivity index (χ0) is 10.9. The Labute approximate surface area is 91.7 Å². The Kier molecular flexibility index (Phi) is 2.31. The molecular formula is C14H17N. The van der Waals surface area contributed by atoms with Gasteiger partial charge in [-0.3, -0.25) is 0 Å². The third-order valence-electron chi connectivity index (χ3n) is 4.11. The zero-order valence-electron chi connectivity index (χ0n) is 9.46. The van der Waals surface area contributed by atoms with E-state index in [1.165, 1.54) is 12.0 Å². The molecule has 0 amide bonds. The Bertz CT molecular complexity index is 380. The van der Waals surface area contributed by atoms with Crippen LogP contribution in [0.4, 0.5) is 0 Å². The number of benzene rings is 1. The number of hydrogen-bond acceptors (Lipinski definition) is 1. The minimum atomic E-state index is -0.131. The van der Waals surface area contributed by atoms with Crippen LogP contribution in [0.2, 0.25) is 0 Å². The van der Waals surface area contributed by atoms with Crippen LogP contribution in [0.15, 0.2) is 30.3 Å². The Hall–Kier alpha value is -1.29. The lowest BCUT2D eigenvalue weighted by atomic mass is 9.53. The summed E-state index contributed by atoms with van der Waals surface area (Å²) in [6.45, 7) is 4.40. The van der Waals surface area contributed by atoms with Crippen molar-refractivity contribution in [3.63, 3.8) is 0 Å². The zero-order valence-corrected chi connectivity index (χ0v) is 9.46. The first-order valence-electron chi connectivity index (χ1n) is 5.59. The molecule has 1 nitrogen and oxygen atoms in total. The highest BCUT2D eigenvalue weighted by Gasteiger charge is 2.50. The van der Waals surface area contributed by atoms with Gasteiger partial charge in [-0.05, 0) is 18.4 Å². The largest absolute Gasteiger partial charge is 0.198 e. The van der Waals surface area contributed by atoms with Gasteiger partial charge in [0.05, 0.1) is 11.5 Å². The second-order valence-electron chi connectivity index (χ2n) is 5.04. The van der Waals surface area contributed by atoms with Gasteiger partial charge in [0.15, 0.2) is 0 Å². The average Bonchev–Trinajstić information content (AvgIpc) is 2.18. The van der Waals surface area contributed by atoms with Crippen LogP contribution in [-0.2, 0) is 5.41 Å². The lowest BCUT2D eigenvalue weighted by Gasteiger charge is -2.48. The molecule has 15 heavy (non-hydrogen) atoms. The van der Waals surface area contributed by atoms with E-state index in [2.05, 4.69) is 44.2 Å². The summed E-state index contributed by atoms with van der Waals surface area (Å²) in [6.07, 6.45) is 3.29. The molecule has 1 aromatic carbocycles. The molecule has 1 aromatic rings. The van der Waals surface area contributed by atoms with Gasteiger partial charge in [-0.15, -0.1) is 0 Å². The van der Waals surface area contributed by atoms with Crippen LogP contribution in [0.3, 0.4) is 0 Å². The van der Waals surface area contributed by atoms with E-state index in [-0.39, 0.29) is 10.8 Å². The SMILES string of the molecule is CC(C)(c1ccccc1)C1(C#N)CCC1. The third kappa shape index (κ3) is 1.36. The van der Waals surface area contributed by atoms with Crippen molar-refractivity contribution in [1.29, 1.82) is 5.26 Å². The molecule has 0 unspecified atom stereocenters. The molecule has 1 saturated carbocycles. The Morgan fingerprint density at radius 2 is 1.80 bits per heavy atom. The van der Waals surface area contributed by atoms with Crippen molar-refractivity contribution in [3.05, 3.63) is 35.9 Å². The summed E-state index contributed by atoms with van der Waals surface area (Å²) in [5, 5.41) is 9.38. The van der Waals surface area contributed by atoms with E-state index in [4.69, 9.17) is 0 Å². The van der Waals surface area contributed by atoms with E-state index in [0.29, 0.717) is 0 Å². The van der Waals surface area contributed by atoms with Gasteiger partial charge in [0, 0.05) is 5.41 Å². The van der Waals surface area contributed by atoms with E-state index >= 15 is 0 Å². The van der Waals surface area contributed by atoms with Crippen LogP contribution < -0.4 is 0 Å².